The van der Waals surface area contributed by atoms with Gasteiger partial charge in [0.05, 0.1) is 26.4 Å². The van der Waals surface area contributed by atoms with Crippen LogP contribution in [0.5, 0.6) is 0 Å². The summed E-state index contributed by atoms with van der Waals surface area (Å²) in [4.78, 5) is 24.2. The minimum Gasteiger partial charge on any atom is -0.512 e. The molecule has 5 heteroatoms. The Balaban J connectivity index is 1.90. The zero-order chi connectivity index (χ0) is 19.1. The number of rotatable bonds is 4. The number of hydrogen-bond acceptors (Lipinski definition) is 5. The van der Waals surface area contributed by atoms with Crippen molar-refractivity contribution in [1.82, 2.24) is 0 Å². The van der Waals surface area contributed by atoms with E-state index in [-0.39, 0.29) is 28.7 Å². The minimum atomic E-state index is -0.274. The summed E-state index contributed by atoms with van der Waals surface area (Å²) >= 11 is 0. The summed E-state index contributed by atoms with van der Waals surface area (Å²) in [6.07, 6.45) is 7.48. The van der Waals surface area contributed by atoms with Crippen molar-refractivity contribution in [2.75, 3.05) is 14.2 Å². The highest BCUT2D eigenvalue weighted by Crippen LogP contribution is 2.64. The third kappa shape index (κ3) is 2.93. The molecule has 2 fully saturated rings. The molecule has 0 heterocycles. The molecule has 6 atom stereocenters. The van der Waals surface area contributed by atoms with Gasteiger partial charge in [-0.2, -0.15) is 0 Å². The summed E-state index contributed by atoms with van der Waals surface area (Å²) in [5.74, 6) is 1.53. The van der Waals surface area contributed by atoms with E-state index >= 15 is 0 Å². The fourth-order valence-electron chi connectivity index (χ4n) is 6.36. The molecule has 0 aliphatic heterocycles. The highest BCUT2D eigenvalue weighted by Gasteiger charge is 2.58. The van der Waals surface area contributed by atoms with E-state index < -0.39 is 0 Å². The summed E-state index contributed by atoms with van der Waals surface area (Å²) in [5.41, 5.74) is -0.397. The second kappa shape index (κ2) is 6.90. The zero-order valence-corrected chi connectivity index (χ0v) is 16.4. The van der Waals surface area contributed by atoms with Crippen LogP contribution in [0.4, 0.5) is 0 Å². The molecule has 2 saturated carbocycles. The van der Waals surface area contributed by atoms with E-state index in [1.54, 1.807) is 0 Å². The maximum Gasteiger partial charge on any atom is 0.306 e. The van der Waals surface area contributed by atoms with E-state index in [0.29, 0.717) is 36.4 Å². The van der Waals surface area contributed by atoms with E-state index in [9.17, 15) is 14.7 Å². The van der Waals surface area contributed by atoms with Crippen molar-refractivity contribution in [3.8, 4) is 0 Å². The first-order valence-electron chi connectivity index (χ1n) is 9.79. The molecule has 0 aromatic carbocycles. The van der Waals surface area contributed by atoms with Crippen LogP contribution in [0.15, 0.2) is 11.8 Å². The number of carbonyl (C=O) groups is 2. The van der Waals surface area contributed by atoms with Crippen LogP contribution >= 0.6 is 0 Å². The predicted molar refractivity (Wildman–Crippen MR) is 97.2 cm³/mol. The molecule has 5 nitrogen and oxygen atoms in total. The van der Waals surface area contributed by atoms with Gasteiger partial charge in [-0.15, -0.1) is 0 Å². The average molecular weight is 364 g/mol. The van der Waals surface area contributed by atoms with Crippen molar-refractivity contribution < 1.29 is 24.2 Å². The second-order valence-electron chi connectivity index (χ2n) is 8.97. The van der Waals surface area contributed by atoms with Crippen LogP contribution in [0, 0.1) is 34.5 Å². The molecule has 0 amide bonds. The molecule has 0 bridgehead atoms. The molecule has 3 aliphatic carbocycles. The quantitative estimate of drug-likeness (QED) is 0.763. The first-order valence-corrected chi connectivity index (χ1v) is 9.79. The van der Waals surface area contributed by atoms with Gasteiger partial charge in [0.1, 0.15) is 0 Å². The van der Waals surface area contributed by atoms with E-state index in [2.05, 4.69) is 13.8 Å². The number of esters is 2. The standard InChI is InChI=1S/C21H32O5/c1-20-10-9-16-14(15(20)7-8-17(20)22)6-5-13(11-18(23)25-3)21(16,2)12-19(24)26-4/h8,13-16,22H,5-7,9-12H2,1-4H3/t13-,14-,15-,16-,20-,21-/m0/s1. The van der Waals surface area contributed by atoms with E-state index in [1.165, 1.54) is 14.2 Å². The Bertz CT molecular complexity index is 612. The van der Waals surface area contributed by atoms with Crippen LogP contribution in [0.1, 0.15) is 58.8 Å². The molecule has 146 valence electrons. The predicted octanol–water partition coefficient (Wildman–Crippen LogP) is 4.02. The second-order valence-corrected chi connectivity index (χ2v) is 8.97. The first kappa shape index (κ1) is 19.2. The van der Waals surface area contributed by atoms with Crippen LogP contribution in [0.2, 0.25) is 0 Å². The molecular weight excluding hydrogens is 332 g/mol. The topological polar surface area (TPSA) is 72.8 Å². The van der Waals surface area contributed by atoms with Crippen molar-refractivity contribution in [2.24, 2.45) is 34.5 Å². The van der Waals surface area contributed by atoms with Crippen LogP contribution in [0.25, 0.3) is 0 Å². The van der Waals surface area contributed by atoms with Crippen molar-refractivity contribution in [3.05, 3.63) is 11.8 Å². The van der Waals surface area contributed by atoms with Gasteiger partial charge in [0.15, 0.2) is 0 Å². The minimum absolute atomic E-state index is 0.122. The lowest BCUT2D eigenvalue weighted by atomic mass is 9.46. The highest BCUT2D eigenvalue weighted by molar-refractivity contribution is 5.72. The maximum atomic E-state index is 12.2. The number of aliphatic hydroxyl groups excluding tert-OH is 1. The van der Waals surface area contributed by atoms with Crippen LogP contribution in [0.3, 0.4) is 0 Å². The zero-order valence-electron chi connectivity index (χ0n) is 16.4. The van der Waals surface area contributed by atoms with Crippen LogP contribution in [-0.4, -0.2) is 31.3 Å². The van der Waals surface area contributed by atoms with Gasteiger partial charge in [-0.3, -0.25) is 9.59 Å². The number of allylic oxidation sites excluding steroid dienone is 2. The number of hydrogen-bond donors (Lipinski definition) is 1. The molecule has 0 radical (unpaired) electrons. The van der Waals surface area contributed by atoms with Crippen molar-refractivity contribution >= 4 is 11.9 Å². The summed E-state index contributed by atoms with van der Waals surface area (Å²) in [6.45, 7) is 4.35. The lowest BCUT2D eigenvalue weighted by Crippen LogP contribution is -2.52. The van der Waals surface area contributed by atoms with Gasteiger partial charge in [-0.25, -0.2) is 0 Å². The van der Waals surface area contributed by atoms with Crippen LogP contribution < -0.4 is 0 Å². The van der Waals surface area contributed by atoms with E-state index in [4.69, 9.17) is 9.47 Å². The summed E-state index contributed by atoms with van der Waals surface area (Å²) in [5, 5.41) is 10.4. The highest BCUT2D eigenvalue weighted by atomic mass is 16.5. The van der Waals surface area contributed by atoms with Gasteiger partial charge < -0.3 is 14.6 Å². The van der Waals surface area contributed by atoms with Crippen molar-refractivity contribution in [3.63, 3.8) is 0 Å². The maximum absolute atomic E-state index is 12.2. The largest absolute Gasteiger partial charge is 0.512 e. The Morgan fingerprint density at radius 2 is 1.81 bits per heavy atom. The van der Waals surface area contributed by atoms with Gasteiger partial charge in [0.25, 0.3) is 0 Å². The third-order valence-corrected chi connectivity index (χ3v) is 8.00. The SMILES string of the molecule is COC(=O)C[C@@H]1CC[C@@H]2[C@H](CC[C@]3(C)C(O)=CC[C@@H]23)[C@@]1(C)CC(=O)OC. The Morgan fingerprint density at radius 3 is 2.46 bits per heavy atom. The van der Waals surface area contributed by atoms with Crippen LogP contribution in [-0.2, 0) is 19.1 Å². The summed E-state index contributed by atoms with van der Waals surface area (Å²) in [7, 11) is 2.85. The van der Waals surface area contributed by atoms with Gasteiger partial charge in [-0.05, 0) is 67.3 Å². The lowest BCUT2D eigenvalue weighted by Gasteiger charge is -2.58. The molecule has 26 heavy (non-hydrogen) atoms. The number of methoxy groups -OCH3 is 2. The van der Waals surface area contributed by atoms with E-state index in [1.807, 2.05) is 6.08 Å². The normalized spacial score (nSPS) is 41.6. The Labute approximate surface area is 156 Å². The van der Waals surface area contributed by atoms with Gasteiger partial charge in [0, 0.05) is 11.8 Å². The lowest BCUT2D eigenvalue weighted by molar-refractivity contribution is -0.157. The molecular formula is C21H32O5. The molecule has 0 aromatic heterocycles. The van der Waals surface area contributed by atoms with Crippen molar-refractivity contribution in [2.45, 2.75) is 58.8 Å². The monoisotopic (exact) mass is 364 g/mol. The third-order valence-electron chi connectivity index (χ3n) is 8.00. The molecule has 1 N–H and O–H groups in total. The Morgan fingerprint density at radius 1 is 1.12 bits per heavy atom. The fourth-order valence-corrected chi connectivity index (χ4v) is 6.36. The number of ether oxygens (including phenoxy) is 2. The average Bonchev–Trinajstić information content (AvgIpc) is 2.92. The Kier molecular flexibility index (Phi) is 5.11. The fraction of sp³-hybridized carbons (Fsp3) is 0.810. The van der Waals surface area contributed by atoms with Gasteiger partial charge >= 0.3 is 11.9 Å². The smallest absolute Gasteiger partial charge is 0.306 e. The molecule has 0 saturated heterocycles. The number of carbonyl (C=O) groups excluding carboxylic acids is 2. The Hall–Kier alpha value is -1.52. The molecule has 0 unspecified atom stereocenters. The number of fused-ring (bicyclic) bond motifs is 3. The molecule has 3 rings (SSSR count). The first-order chi connectivity index (χ1) is 12.3. The summed E-state index contributed by atoms with van der Waals surface area (Å²) < 4.78 is 9.91. The number of aliphatic hydroxyl groups is 1. The van der Waals surface area contributed by atoms with Crippen molar-refractivity contribution in [1.29, 1.82) is 0 Å². The van der Waals surface area contributed by atoms with Gasteiger partial charge in [-0.1, -0.05) is 13.8 Å². The molecule has 0 aromatic rings. The van der Waals surface area contributed by atoms with Gasteiger partial charge in [0.2, 0.25) is 0 Å². The molecule has 3 aliphatic rings. The van der Waals surface area contributed by atoms with E-state index in [0.717, 1.165) is 32.1 Å². The summed E-state index contributed by atoms with van der Waals surface area (Å²) in [6, 6.07) is 0. The molecule has 0 spiro atoms.